The molecule has 0 amide bonds. The molecule has 0 saturated heterocycles. The van der Waals surface area contributed by atoms with Crippen molar-refractivity contribution in [1.82, 2.24) is 15.0 Å². The molecule has 5 nitrogen and oxygen atoms in total. The van der Waals surface area contributed by atoms with Crippen LogP contribution in [0.2, 0.25) is 0 Å². The van der Waals surface area contributed by atoms with Gasteiger partial charge in [-0.3, -0.25) is 4.98 Å². The van der Waals surface area contributed by atoms with Crippen LogP contribution in [0.3, 0.4) is 0 Å². The zero-order valence-electron chi connectivity index (χ0n) is 14.3. The fraction of sp³-hybridized carbons (Fsp3) is 0.143. The molecule has 1 N–H and O–H groups in total. The summed E-state index contributed by atoms with van der Waals surface area (Å²) >= 11 is 0. The van der Waals surface area contributed by atoms with Crippen LogP contribution in [0.1, 0.15) is 17.5 Å². The van der Waals surface area contributed by atoms with Crippen LogP contribution in [0.15, 0.2) is 60.9 Å². The van der Waals surface area contributed by atoms with Crippen molar-refractivity contribution in [2.45, 2.75) is 13.0 Å². The molecule has 0 spiro atoms. The third-order valence-electron chi connectivity index (χ3n) is 4.58. The number of aryl methyl sites for hydroxylation is 1. The van der Waals surface area contributed by atoms with E-state index >= 15 is 0 Å². The highest BCUT2D eigenvalue weighted by Gasteiger charge is 2.25. The second-order valence-electron chi connectivity index (χ2n) is 6.46. The van der Waals surface area contributed by atoms with Crippen LogP contribution in [0.25, 0.3) is 22.2 Å². The predicted octanol–water partition coefficient (Wildman–Crippen LogP) is 4.45. The van der Waals surface area contributed by atoms with Crippen molar-refractivity contribution >= 4 is 11.0 Å². The monoisotopic (exact) mass is 343 g/mol. The first-order valence-electron chi connectivity index (χ1n) is 8.56. The van der Waals surface area contributed by atoms with E-state index in [1.807, 2.05) is 43.3 Å². The number of hydrogen-bond donors (Lipinski definition) is 1. The summed E-state index contributed by atoms with van der Waals surface area (Å²) in [5.41, 5.74) is 5.28. The molecule has 1 aliphatic heterocycles. The summed E-state index contributed by atoms with van der Waals surface area (Å²) in [5.74, 6) is 2.32. The van der Waals surface area contributed by atoms with E-state index in [0.717, 1.165) is 45.0 Å². The van der Waals surface area contributed by atoms with E-state index in [9.17, 15) is 0 Å². The van der Waals surface area contributed by atoms with Crippen molar-refractivity contribution in [3.05, 3.63) is 72.3 Å². The van der Waals surface area contributed by atoms with E-state index in [0.29, 0.717) is 6.61 Å². The van der Waals surface area contributed by atoms with E-state index in [4.69, 9.17) is 14.5 Å². The Bertz CT molecular complexity index is 1090. The largest absolute Gasteiger partial charge is 0.485 e. The Morgan fingerprint density at radius 3 is 2.73 bits per heavy atom. The summed E-state index contributed by atoms with van der Waals surface area (Å²) in [4.78, 5) is 12.2. The number of aromatic amines is 1. The fourth-order valence-electron chi connectivity index (χ4n) is 3.22. The van der Waals surface area contributed by atoms with Gasteiger partial charge in [0.05, 0.1) is 11.0 Å². The summed E-state index contributed by atoms with van der Waals surface area (Å²) in [6.45, 7) is 2.47. The lowest BCUT2D eigenvalue weighted by Crippen LogP contribution is -2.22. The molecule has 0 saturated carbocycles. The quantitative estimate of drug-likeness (QED) is 0.584. The molecule has 4 aromatic rings. The molecule has 0 fully saturated rings. The summed E-state index contributed by atoms with van der Waals surface area (Å²) in [7, 11) is 0. The molecule has 1 unspecified atom stereocenters. The molecule has 0 radical (unpaired) electrons. The molecule has 0 bridgehead atoms. The van der Waals surface area contributed by atoms with Crippen molar-refractivity contribution in [3.63, 3.8) is 0 Å². The van der Waals surface area contributed by atoms with Gasteiger partial charge >= 0.3 is 0 Å². The number of nitrogens with zero attached hydrogens (tertiary/aromatic N) is 2. The van der Waals surface area contributed by atoms with E-state index in [-0.39, 0.29) is 6.10 Å². The third kappa shape index (κ3) is 2.58. The minimum Gasteiger partial charge on any atom is -0.485 e. The van der Waals surface area contributed by atoms with Crippen molar-refractivity contribution in [2.75, 3.05) is 6.61 Å². The molecule has 2 aromatic carbocycles. The fourth-order valence-corrected chi connectivity index (χ4v) is 3.22. The van der Waals surface area contributed by atoms with Gasteiger partial charge in [0.25, 0.3) is 0 Å². The van der Waals surface area contributed by atoms with Gasteiger partial charge in [-0.25, -0.2) is 4.98 Å². The molecule has 128 valence electrons. The Morgan fingerprint density at radius 2 is 1.85 bits per heavy atom. The highest BCUT2D eigenvalue weighted by atomic mass is 16.6. The number of ether oxygens (including phenoxy) is 2. The maximum absolute atomic E-state index is 6.12. The lowest BCUT2D eigenvalue weighted by Gasteiger charge is -2.25. The standard InChI is InChI=1S/C21H17N3O2/c1-13-2-5-18-19(10-13)26-20(12-25-18)21-23-16-4-3-15(11-17(16)24-21)14-6-8-22-9-7-14/h2-11,20H,12H2,1H3,(H,23,24). The molecule has 3 heterocycles. The number of H-pyrrole nitrogens is 1. The summed E-state index contributed by atoms with van der Waals surface area (Å²) in [6, 6.07) is 16.1. The van der Waals surface area contributed by atoms with Crippen LogP contribution in [0, 0.1) is 6.92 Å². The van der Waals surface area contributed by atoms with E-state index in [1.165, 1.54) is 0 Å². The molecule has 2 aromatic heterocycles. The van der Waals surface area contributed by atoms with Gasteiger partial charge in [-0.1, -0.05) is 12.1 Å². The zero-order valence-corrected chi connectivity index (χ0v) is 14.3. The van der Waals surface area contributed by atoms with E-state index in [1.54, 1.807) is 12.4 Å². The third-order valence-corrected chi connectivity index (χ3v) is 4.58. The van der Waals surface area contributed by atoms with Crippen LogP contribution < -0.4 is 9.47 Å². The van der Waals surface area contributed by atoms with Crippen molar-refractivity contribution in [3.8, 4) is 22.6 Å². The number of imidazole rings is 1. The Balaban J connectivity index is 1.48. The average molecular weight is 343 g/mol. The number of fused-ring (bicyclic) bond motifs is 2. The molecule has 0 aliphatic carbocycles. The van der Waals surface area contributed by atoms with Gasteiger partial charge in [0.1, 0.15) is 6.61 Å². The minimum atomic E-state index is -0.249. The zero-order chi connectivity index (χ0) is 17.5. The van der Waals surface area contributed by atoms with Gasteiger partial charge in [-0.05, 0) is 60.0 Å². The van der Waals surface area contributed by atoms with Crippen LogP contribution >= 0.6 is 0 Å². The van der Waals surface area contributed by atoms with E-state index in [2.05, 4.69) is 22.1 Å². The van der Waals surface area contributed by atoms with Gasteiger partial charge in [-0.15, -0.1) is 0 Å². The first kappa shape index (κ1) is 15.0. The number of hydrogen-bond acceptors (Lipinski definition) is 4. The van der Waals surface area contributed by atoms with Crippen LogP contribution in [-0.2, 0) is 0 Å². The second-order valence-corrected chi connectivity index (χ2v) is 6.46. The lowest BCUT2D eigenvalue weighted by atomic mass is 10.1. The molecule has 26 heavy (non-hydrogen) atoms. The number of nitrogens with one attached hydrogen (secondary N) is 1. The maximum Gasteiger partial charge on any atom is 0.190 e. The Hall–Kier alpha value is -3.34. The topological polar surface area (TPSA) is 60.0 Å². The van der Waals surface area contributed by atoms with E-state index < -0.39 is 0 Å². The van der Waals surface area contributed by atoms with Crippen LogP contribution in [0.4, 0.5) is 0 Å². The van der Waals surface area contributed by atoms with Crippen LogP contribution in [-0.4, -0.2) is 21.6 Å². The van der Waals surface area contributed by atoms with Gasteiger partial charge in [0.15, 0.2) is 23.4 Å². The Kier molecular flexibility index (Phi) is 3.38. The lowest BCUT2D eigenvalue weighted by molar-refractivity contribution is 0.0858. The molecule has 5 heteroatoms. The van der Waals surface area contributed by atoms with Crippen LogP contribution in [0.5, 0.6) is 11.5 Å². The normalized spacial score (nSPS) is 16.0. The Morgan fingerprint density at radius 1 is 0.962 bits per heavy atom. The second kappa shape index (κ2) is 5.88. The number of pyridine rings is 1. The number of aromatic nitrogens is 3. The van der Waals surface area contributed by atoms with Crippen molar-refractivity contribution < 1.29 is 9.47 Å². The first-order valence-corrected chi connectivity index (χ1v) is 8.56. The van der Waals surface area contributed by atoms with Gasteiger partial charge in [0, 0.05) is 12.4 Å². The molecule has 5 rings (SSSR count). The molecule has 1 atom stereocenters. The molecular weight excluding hydrogens is 326 g/mol. The highest BCUT2D eigenvalue weighted by Crippen LogP contribution is 2.36. The average Bonchev–Trinajstić information content (AvgIpc) is 3.11. The number of rotatable bonds is 2. The molecular formula is C21H17N3O2. The van der Waals surface area contributed by atoms with Gasteiger partial charge in [0.2, 0.25) is 0 Å². The van der Waals surface area contributed by atoms with Crippen molar-refractivity contribution in [2.24, 2.45) is 0 Å². The highest BCUT2D eigenvalue weighted by molar-refractivity contribution is 5.82. The smallest absolute Gasteiger partial charge is 0.190 e. The predicted molar refractivity (Wildman–Crippen MR) is 99.4 cm³/mol. The minimum absolute atomic E-state index is 0.249. The summed E-state index contributed by atoms with van der Waals surface area (Å²) in [5, 5.41) is 0. The Labute approximate surface area is 150 Å². The summed E-state index contributed by atoms with van der Waals surface area (Å²) < 4.78 is 12.0. The van der Waals surface area contributed by atoms with Gasteiger partial charge < -0.3 is 14.5 Å². The number of benzene rings is 2. The molecule has 1 aliphatic rings. The van der Waals surface area contributed by atoms with Crippen molar-refractivity contribution in [1.29, 1.82) is 0 Å². The first-order chi connectivity index (χ1) is 12.8. The van der Waals surface area contributed by atoms with Gasteiger partial charge in [-0.2, -0.15) is 0 Å². The SMILES string of the molecule is Cc1ccc2c(c1)OC(c1nc3ccc(-c4ccncc4)cc3[nH]1)CO2. The maximum atomic E-state index is 6.12. The summed E-state index contributed by atoms with van der Waals surface area (Å²) in [6.07, 6.45) is 3.34.